The van der Waals surface area contributed by atoms with Gasteiger partial charge in [0.1, 0.15) is 0 Å². The second-order valence-corrected chi connectivity index (χ2v) is 3.64. The average molecular weight is 188 g/mol. The first-order chi connectivity index (χ1) is 6.08. The summed E-state index contributed by atoms with van der Waals surface area (Å²) < 4.78 is 10.3. The van der Waals surface area contributed by atoms with Gasteiger partial charge in [-0.1, -0.05) is 0 Å². The molecule has 4 nitrogen and oxygen atoms in total. The van der Waals surface area contributed by atoms with Gasteiger partial charge in [0.25, 0.3) is 0 Å². The fourth-order valence-corrected chi connectivity index (χ4v) is 1.28. The van der Waals surface area contributed by atoms with Crippen LogP contribution in [0.2, 0.25) is 0 Å². The molecule has 0 heterocycles. The summed E-state index contributed by atoms with van der Waals surface area (Å²) >= 11 is 0. The summed E-state index contributed by atoms with van der Waals surface area (Å²) in [6, 6.07) is 0. The van der Waals surface area contributed by atoms with Gasteiger partial charge in [-0.25, -0.2) is 4.79 Å². The fraction of sp³-hybridized carbons (Fsp3) is 0.889. The molecule has 0 radical (unpaired) electrons. The van der Waals surface area contributed by atoms with Crippen molar-refractivity contribution < 1.29 is 19.4 Å². The molecule has 0 aromatic heterocycles. The molecular formula is C9H16O4. The van der Waals surface area contributed by atoms with Crippen LogP contribution in [-0.2, 0) is 14.3 Å². The Morgan fingerprint density at radius 2 is 2.23 bits per heavy atom. The van der Waals surface area contributed by atoms with E-state index < -0.39 is 11.6 Å². The number of methoxy groups -OCH3 is 1. The predicted molar refractivity (Wildman–Crippen MR) is 46.6 cm³/mol. The third-order valence-electron chi connectivity index (χ3n) is 2.35. The Morgan fingerprint density at radius 3 is 2.54 bits per heavy atom. The predicted octanol–water partition coefficient (Wildman–Crippen LogP) is 1.05. The minimum atomic E-state index is -1.18. The van der Waals surface area contributed by atoms with Crippen molar-refractivity contribution in [2.75, 3.05) is 13.7 Å². The van der Waals surface area contributed by atoms with Crippen LogP contribution in [0, 0.1) is 0 Å². The van der Waals surface area contributed by atoms with Crippen molar-refractivity contribution in [3.63, 3.8) is 0 Å². The highest BCUT2D eigenvalue weighted by Crippen LogP contribution is 2.27. The summed E-state index contributed by atoms with van der Waals surface area (Å²) in [4.78, 5) is 10.9. The van der Waals surface area contributed by atoms with Gasteiger partial charge in [0.05, 0.1) is 12.7 Å². The lowest BCUT2D eigenvalue weighted by atomic mass is 9.95. The van der Waals surface area contributed by atoms with Gasteiger partial charge >= 0.3 is 5.97 Å². The molecule has 0 amide bonds. The highest BCUT2D eigenvalue weighted by molar-refractivity contribution is 5.77. The molecule has 1 N–H and O–H groups in total. The molecule has 1 atom stereocenters. The van der Waals surface area contributed by atoms with Crippen LogP contribution in [0.5, 0.6) is 0 Å². The van der Waals surface area contributed by atoms with Gasteiger partial charge in [0.2, 0.25) is 0 Å². The fourth-order valence-electron chi connectivity index (χ4n) is 1.28. The molecule has 1 rings (SSSR count). The number of ether oxygens (including phenoxy) is 2. The molecule has 0 aromatic rings. The first-order valence-electron chi connectivity index (χ1n) is 4.48. The third kappa shape index (κ3) is 2.42. The lowest BCUT2D eigenvalue weighted by Crippen LogP contribution is -2.46. The van der Waals surface area contributed by atoms with Gasteiger partial charge in [-0.3, -0.25) is 0 Å². The normalized spacial score (nSPS) is 22.0. The Bertz CT molecular complexity index is 188. The van der Waals surface area contributed by atoms with Gasteiger partial charge in [-0.2, -0.15) is 0 Å². The van der Waals surface area contributed by atoms with Gasteiger partial charge < -0.3 is 14.6 Å². The number of hydrogen-bond acceptors (Lipinski definition) is 3. The summed E-state index contributed by atoms with van der Waals surface area (Å²) in [5.41, 5.74) is -1.18. The molecular weight excluding hydrogens is 172 g/mol. The summed E-state index contributed by atoms with van der Waals surface area (Å²) in [7, 11) is 1.48. The zero-order valence-corrected chi connectivity index (χ0v) is 8.08. The molecule has 0 spiro atoms. The molecule has 0 bridgehead atoms. The molecule has 4 heteroatoms. The van der Waals surface area contributed by atoms with E-state index in [0.717, 1.165) is 19.3 Å². The van der Waals surface area contributed by atoms with Gasteiger partial charge in [-0.15, -0.1) is 0 Å². The lowest BCUT2D eigenvalue weighted by molar-refractivity contribution is -0.185. The number of carboxylic acid groups (broad SMARTS) is 1. The van der Waals surface area contributed by atoms with Crippen LogP contribution in [0.1, 0.15) is 26.2 Å². The second kappa shape index (κ2) is 4.07. The lowest BCUT2D eigenvalue weighted by Gasteiger charge is -2.34. The Kier molecular flexibility index (Phi) is 3.27. The number of carbonyl (C=O) groups is 1. The Balaban J connectivity index is 2.49. The van der Waals surface area contributed by atoms with Crippen molar-refractivity contribution in [2.24, 2.45) is 0 Å². The van der Waals surface area contributed by atoms with Crippen LogP contribution in [-0.4, -0.2) is 36.5 Å². The number of carboxylic acids is 1. The van der Waals surface area contributed by atoms with Crippen molar-refractivity contribution in [2.45, 2.75) is 37.9 Å². The third-order valence-corrected chi connectivity index (χ3v) is 2.35. The quantitative estimate of drug-likeness (QED) is 0.700. The van der Waals surface area contributed by atoms with E-state index in [1.165, 1.54) is 7.11 Å². The van der Waals surface area contributed by atoms with E-state index in [-0.39, 0.29) is 12.7 Å². The SMILES string of the molecule is COCC(C)(OC1CCC1)C(=O)O. The highest BCUT2D eigenvalue weighted by atomic mass is 16.6. The first-order valence-corrected chi connectivity index (χ1v) is 4.48. The molecule has 0 aliphatic heterocycles. The molecule has 1 aliphatic carbocycles. The van der Waals surface area contributed by atoms with Crippen molar-refractivity contribution in [1.29, 1.82) is 0 Å². The van der Waals surface area contributed by atoms with Crippen LogP contribution < -0.4 is 0 Å². The van der Waals surface area contributed by atoms with Gasteiger partial charge in [0.15, 0.2) is 5.60 Å². The van der Waals surface area contributed by atoms with Crippen molar-refractivity contribution in [3.8, 4) is 0 Å². The summed E-state index contributed by atoms with van der Waals surface area (Å²) in [5.74, 6) is -0.957. The molecule has 1 saturated carbocycles. The molecule has 0 aromatic carbocycles. The zero-order valence-electron chi connectivity index (χ0n) is 8.08. The molecule has 1 unspecified atom stereocenters. The molecule has 13 heavy (non-hydrogen) atoms. The highest BCUT2D eigenvalue weighted by Gasteiger charge is 2.38. The van der Waals surface area contributed by atoms with E-state index in [4.69, 9.17) is 14.6 Å². The zero-order chi connectivity index (χ0) is 9.90. The maximum Gasteiger partial charge on any atom is 0.338 e. The maximum absolute atomic E-state index is 10.9. The summed E-state index contributed by atoms with van der Waals surface area (Å²) in [6.07, 6.45) is 3.17. The molecule has 76 valence electrons. The Labute approximate surface area is 77.8 Å². The molecule has 1 aliphatic rings. The van der Waals surface area contributed by atoms with Crippen LogP contribution in [0.3, 0.4) is 0 Å². The molecule has 0 saturated heterocycles. The van der Waals surface area contributed by atoms with E-state index in [0.29, 0.717) is 0 Å². The number of hydrogen-bond donors (Lipinski definition) is 1. The van der Waals surface area contributed by atoms with E-state index in [1.807, 2.05) is 0 Å². The largest absolute Gasteiger partial charge is 0.479 e. The topological polar surface area (TPSA) is 55.8 Å². The second-order valence-electron chi connectivity index (χ2n) is 3.64. The number of rotatable bonds is 5. The summed E-state index contributed by atoms with van der Waals surface area (Å²) in [5, 5.41) is 8.93. The maximum atomic E-state index is 10.9. The van der Waals surface area contributed by atoms with E-state index in [1.54, 1.807) is 6.92 Å². The molecule has 1 fully saturated rings. The minimum absolute atomic E-state index is 0.0961. The number of aliphatic carboxylic acids is 1. The van der Waals surface area contributed by atoms with Gasteiger partial charge in [-0.05, 0) is 26.2 Å². The minimum Gasteiger partial charge on any atom is -0.479 e. The van der Waals surface area contributed by atoms with Crippen molar-refractivity contribution in [3.05, 3.63) is 0 Å². The monoisotopic (exact) mass is 188 g/mol. The van der Waals surface area contributed by atoms with E-state index >= 15 is 0 Å². The van der Waals surface area contributed by atoms with Gasteiger partial charge in [0, 0.05) is 7.11 Å². The van der Waals surface area contributed by atoms with E-state index in [9.17, 15) is 4.79 Å². The van der Waals surface area contributed by atoms with Crippen LogP contribution in [0.25, 0.3) is 0 Å². The Morgan fingerprint density at radius 1 is 1.62 bits per heavy atom. The van der Waals surface area contributed by atoms with Crippen molar-refractivity contribution >= 4 is 5.97 Å². The summed E-state index contributed by atoms with van der Waals surface area (Å²) in [6.45, 7) is 1.65. The first kappa shape index (κ1) is 10.5. The smallest absolute Gasteiger partial charge is 0.338 e. The van der Waals surface area contributed by atoms with E-state index in [2.05, 4.69) is 0 Å². The van der Waals surface area contributed by atoms with Crippen LogP contribution >= 0.6 is 0 Å². The van der Waals surface area contributed by atoms with Crippen LogP contribution in [0.4, 0.5) is 0 Å². The van der Waals surface area contributed by atoms with Crippen molar-refractivity contribution in [1.82, 2.24) is 0 Å². The standard InChI is InChI=1S/C9H16O4/c1-9(6-12-2,8(10)11)13-7-4-3-5-7/h7H,3-6H2,1-2H3,(H,10,11). The Hall–Kier alpha value is -0.610. The average Bonchev–Trinajstić information content (AvgIpc) is 1.97. The van der Waals surface area contributed by atoms with Crippen LogP contribution in [0.15, 0.2) is 0 Å².